The van der Waals surface area contributed by atoms with Gasteiger partial charge in [0.1, 0.15) is 11.5 Å². The van der Waals surface area contributed by atoms with Crippen LogP contribution >= 0.6 is 11.3 Å². The number of nitrogens with zero attached hydrogens (tertiary/aromatic N) is 3. The number of allylic oxidation sites excluding steroid dienone is 1. The molecule has 1 N–H and O–H groups in total. The lowest BCUT2D eigenvalue weighted by Gasteiger charge is -2.35. The van der Waals surface area contributed by atoms with Crippen LogP contribution in [0.3, 0.4) is 0 Å². The summed E-state index contributed by atoms with van der Waals surface area (Å²) < 4.78 is 16.4. The summed E-state index contributed by atoms with van der Waals surface area (Å²) in [5.74, 6) is 2.34. The lowest BCUT2D eigenvalue weighted by Crippen LogP contribution is -2.45. The van der Waals surface area contributed by atoms with Crippen molar-refractivity contribution < 1.29 is 18.8 Å². The van der Waals surface area contributed by atoms with Crippen LogP contribution in [0, 0.1) is 0 Å². The Morgan fingerprint density at radius 3 is 2.57 bits per heavy atom. The van der Waals surface area contributed by atoms with Gasteiger partial charge in [0.2, 0.25) is 5.82 Å². The van der Waals surface area contributed by atoms with Gasteiger partial charge in [-0.05, 0) is 53.8 Å². The van der Waals surface area contributed by atoms with Crippen molar-refractivity contribution in [3.63, 3.8) is 0 Å². The SMILES string of the molecule is COc1ccc(C2NC(=O)N(Cc3cccc(OC)c3)C(C)=C2c2nc(-c3cccs3)no2)cc1. The topological polar surface area (TPSA) is 89.7 Å². The third-order valence-corrected chi connectivity index (χ3v) is 6.78. The van der Waals surface area contributed by atoms with E-state index in [2.05, 4.69) is 15.5 Å². The molecule has 35 heavy (non-hydrogen) atoms. The van der Waals surface area contributed by atoms with Gasteiger partial charge in [-0.2, -0.15) is 4.98 Å². The monoisotopic (exact) mass is 488 g/mol. The quantitative estimate of drug-likeness (QED) is 0.369. The smallest absolute Gasteiger partial charge is 0.322 e. The molecule has 2 amide bonds. The number of carbonyl (C=O) groups is 1. The molecule has 8 nitrogen and oxygen atoms in total. The first-order valence-corrected chi connectivity index (χ1v) is 11.9. The molecule has 1 unspecified atom stereocenters. The molecule has 0 fully saturated rings. The van der Waals surface area contributed by atoms with E-state index in [9.17, 15) is 4.79 Å². The van der Waals surface area contributed by atoms with E-state index in [1.807, 2.05) is 73.0 Å². The van der Waals surface area contributed by atoms with Crippen molar-refractivity contribution in [1.29, 1.82) is 0 Å². The predicted octanol–water partition coefficient (Wildman–Crippen LogP) is 5.51. The summed E-state index contributed by atoms with van der Waals surface area (Å²) in [5.41, 5.74) is 3.29. The molecule has 5 rings (SSSR count). The van der Waals surface area contributed by atoms with Gasteiger partial charge >= 0.3 is 6.03 Å². The summed E-state index contributed by atoms with van der Waals surface area (Å²) in [6.45, 7) is 2.26. The van der Waals surface area contributed by atoms with Gasteiger partial charge in [0.05, 0.1) is 37.3 Å². The molecule has 4 aromatic rings. The van der Waals surface area contributed by atoms with Gasteiger partial charge in [0.25, 0.3) is 5.89 Å². The highest BCUT2D eigenvalue weighted by Gasteiger charge is 2.36. The minimum Gasteiger partial charge on any atom is -0.497 e. The highest BCUT2D eigenvalue weighted by molar-refractivity contribution is 7.13. The highest BCUT2D eigenvalue weighted by atomic mass is 32.1. The molecule has 0 spiro atoms. The number of carbonyl (C=O) groups excluding carboxylic acids is 1. The maximum Gasteiger partial charge on any atom is 0.322 e. The molecule has 9 heteroatoms. The van der Waals surface area contributed by atoms with Crippen LogP contribution < -0.4 is 14.8 Å². The van der Waals surface area contributed by atoms with Crippen molar-refractivity contribution >= 4 is 22.9 Å². The van der Waals surface area contributed by atoms with Crippen LogP contribution in [-0.4, -0.2) is 35.3 Å². The van der Waals surface area contributed by atoms with Crippen molar-refractivity contribution in [3.8, 4) is 22.2 Å². The number of thiophene rings is 1. The number of ether oxygens (including phenoxy) is 2. The third kappa shape index (κ3) is 4.50. The fourth-order valence-electron chi connectivity index (χ4n) is 4.09. The van der Waals surface area contributed by atoms with Gasteiger partial charge in [0.15, 0.2) is 0 Å². The zero-order chi connectivity index (χ0) is 24.4. The summed E-state index contributed by atoms with van der Waals surface area (Å²) in [5, 5.41) is 9.29. The zero-order valence-electron chi connectivity index (χ0n) is 19.5. The van der Waals surface area contributed by atoms with Crippen LogP contribution in [0.1, 0.15) is 30.0 Å². The molecule has 1 aliphatic rings. The molecule has 178 valence electrons. The second-order valence-electron chi connectivity index (χ2n) is 7.99. The number of rotatable bonds is 7. The van der Waals surface area contributed by atoms with Gasteiger partial charge < -0.3 is 19.3 Å². The summed E-state index contributed by atoms with van der Waals surface area (Å²) >= 11 is 1.54. The Morgan fingerprint density at radius 2 is 1.86 bits per heavy atom. The fraction of sp³-hybridized carbons (Fsp3) is 0.192. The van der Waals surface area contributed by atoms with Crippen LogP contribution in [0.2, 0.25) is 0 Å². The maximum atomic E-state index is 13.3. The van der Waals surface area contributed by atoms with Gasteiger partial charge in [0, 0.05) is 5.70 Å². The molecule has 0 aliphatic carbocycles. The van der Waals surface area contributed by atoms with E-state index in [4.69, 9.17) is 14.0 Å². The largest absolute Gasteiger partial charge is 0.497 e. The molecule has 0 saturated heterocycles. The Bertz CT molecular complexity index is 1360. The van der Waals surface area contributed by atoms with Crippen molar-refractivity contribution in [2.24, 2.45) is 0 Å². The van der Waals surface area contributed by atoms with Gasteiger partial charge in [-0.3, -0.25) is 4.90 Å². The van der Waals surface area contributed by atoms with E-state index < -0.39 is 6.04 Å². The molecular formula is C26H24N4O4S. The number of nitrogens with one attached hydrogen (secondary N) is 1. The second-order valence-corrected chi connectivity index (χ2v) is 8.94. The van der Waals surface area contributed by atoms with Crippen LogP contribution in [0.4, 0.5) is 4.79 Å². The minimum absolute atomic E-state index is 0.215. The van der Waals surface area contributed by atoms with E-state index in [1.165, 1.54) is 11.3 Å². The van der Waals surface area contributed by atoms with Crippen molar-refractivity contribution in [2.45, 2.75) is 19.5 Å². The van der Waals surface area contributed by atoms with Crippen molar-refractivity contribution in [2.75, 3.05) is 14.2 Å². The van der Waals surface area contributed by atoms with E-state index in [0.717, 1.165) is 38.8 Å². The maximum absolute atomic E-state index is 13.3. The Hall–Kier alpha value is -4.11. The molecule has 3 heterocycles. The molecule has 1 atom stereocenters. The molecule has 0 bridgehead atoms. The predicted molar refractivity (Wildman–Crippen MR) is 133 cm³/mol. The minimum atomic E-state index is -0.466. The summed E-state index contributed by atoms with van der Waals surface area (Å²) in [6.07, 6.45) is 0. The summed E-state index contributed by atoms with van der Waals surface area (Å²) in [6, 6.07) is 18.4. The van der Waals surface area contributed by atoms with E-state index in [-0.39, 0.29) is 6.03 Å². The number of methoxy groups -OCH3 is 2. The van der Waals surface area contributed by atoms with Crippen LogP contribution in [-0.2, 0) is 6.54 Å². The van der Waals surface area contributed by atoms with E-state index >= 15 is 0 Å². The molecule has 1 aliphatic heterocycles. The molecule has 0 radical (unpaired) electrons. The second kappa shape index (κ2) is 9.63. The summed E-state index contributed by atoms with van der Waals surface area (Å²) in [7, 11) is 3.24. The lowest BCUT2D eigenvalue weighted by atomic mass is 9.94. The van der Waals surface area contributed by atoms with Gasteiger partial charge in [-0.15, -0.1) is 11.3 Å². The third-order valence-electron chi connectivity index (χ3n) is 5.92. The summed E-state index contributed by atoms with van der Waals surface area (Å²) in [4.78, 5) is 20.6. The van der Waals surface area contributed by atoms with E-state index in [0.29, 0.717) is 18.3 Å². The first kappa shape index (κ1) is 22.7. The van der Waals surface area contributed by atoms with Crippen molar-refractivity contribution in [1.82, 2.24) is 20.4 Å². The first-order chi connectivity index (χ1) is 17.1. The Morgan fingerprint density at radius 1 is 1.06 bits per heavy atom. The number of aromatic nitrogens is 2. The number of benzene rings is 2. The lowest BCUT2D eigenvalue weighted by molar-refractivity contribution is 0.203. The van der Waals surface area contributed by atoms with E-state index in [1.54, 1.807) is 19.1 Å². The number of urea groups is 1. The van der Waals surface area contributed by atoms with Crippen LogP contribution in [0.15, 0.2) is 76.3 Å². The molecule has 2 aromatic carbocycles. The first-order valence-electron chi connectivity index (χ1n) is 11.0. The zero-order valence-corrected chi connectivity index (χ0v) is 20.3. The van der Waals surface area contributed by atoms with Crippen LogP contribution in [0.25, 0.3) is 16.3 Å². The van der Waals surface area contributed by atoms with Crippen molar-refractivity contribution in [3.05, 3.63) is 88.8 Å². The average Bonchev–Trinajstić information content (AvgIpc) is 3.59. The normalized spacial score (nSPS) is 15.8. The fourth-order valence-corrected chi connectivity index (χ4v) is 4.74. The Balaban J connectivity index is 1.58. The van der Waals surface area contributed by atoms with Gasteiger partial charge in [-0.1, -0.05) is 35.5 Å². The molecule has 0 saturated carbocycles. The Labute approximate surface area is 206 Å². The van der Waals surface area contributed by atoms with Crippen LogP contribution in [0.5, 0.6) is 11.5 Å². The molecular weight excluding hydrogens is 464 g/mol. The average molecular weight is 489 g/mol. The number of hydrogen-bond acceptors (Lipinski definition) is 7. The number of hydrogen-bond donors (Lipinski definition) is 1. The van der Waals surface area contributed by atoms with Gasteiger partial charge in [-0.25, -0.2) is 4.79 Å². The standard InChI is InChI=1S/C26H24N4O4S/c1-16-22(25-28-24(29-34-25)21-8-5-13-35-21)23(18-9-11-19(32-2)12-10-18)27-26(31)30(16)15-17-6-4-7-20(14-17)33-3/h4-14,23H,15H2,1-3H3,(H,27,31). The molecule has 2 aromatic heterocycles. The Kier molecular flexibility index (Phi) is 6.24. The number of amides is 2. The highest BCUT2D eigenvalue weighted by Crippen LogP contribution is 2.38.